The molecule has 0 spiro atoms. The van der Waals surface area contributed by atoms with Crippen LogP contribution < -0.4 is 0 Å². The zero-order valence-electron chi connectivity index (χ0n) is 18.4. The monoisotopic (exact) mass is 531 g/mol. The average Bonchev–Trinajstić information content (AvgIpc) is 3.54. The van der Waals surface area contributed by atoms with E-state index < -0.39 is 11.7 Å². The van der Waals surface area contributed by atoms with E-state index in [1.807, 2.05) is 0 Å². The number of fused-ring (bicyclic) bond motifs is 1. The summed E-state index contributed by atoms with van der Waals surface area (Å²) in [6.45, 7) is 0.583. The number of nitrogens with zero attached hydrogens (tertiary/aromatic N) is 5. The van der Waals surface area contributed by atoms with Crippen molar-refractivity contribution in [1.82, 2.24) is 24.2 Å². The highest BCUT2D eigenvalue weighted by molar-refractivity contribution is 8.18. The van der Waals surface area contributed by atoms with Crippen LogP contribution in [0.25, 0.3) is 17.0 Å². The number of hydrogen-bond donors (Lipinski definition) is 0. The van der Waals surface area contributed by atoms with E-state index in [2.05, 4.69) is 10.1 Å². The van der Waals surface area contributed by atoms with Crippen molar-refractivity contribution in [2.24, 2.45) is 0 Å². The molecule has 36 heavy (non-hydrogen) atoms. The first-order valence-corrected chi connectivity index (χ1v) is 11.9. The van der Waals surface area contributed by atoms with Gasteiger partial charge in [-0.3, -0.25) is 19.2 Å². The molecule has 1 fully saturated rings. The van der Waals surface area contributed by atoms with Crippen LogP contribution in [0.2, 0.25) is 5.02 Å². The second-order valence-electron chi connectivity index (χ2n) is 8.05. The van der Waals surface area contributed by atoms with E-state index in [4.69, 9.17) is 11.6 Å². The topological polar surface area (TPSA) is 73.0 Å². The van der Waals surface area contributed by atoms with Crippen LogP contribution in [0.4, 0.5) is 18.0 Å². The van der Waals surface area contributed by atoms with Crippen LogP contribution >= 0.6 is 23.4 Å². The van der Waals surface area contributed by atoms with Crippen LogP contribution in [0.3, 0.4) is 0 Å². The van der Waals surface area contributed by atoms with E-state index in [-0.39, 0.29) is 34.8 Å². The van der Waals surface area contributed by atoms with Crippen LogP contribution in [0.15, 0.2) is 66.2 Å². The molecule has 7 nitrogen and oxygen atoms in total. The standard InChI is InChI=1S/C24H17ClF3N5O2S/c25-18-3-2-16(19(11-18)24(26,27)28)13-33-20-4-1-15(9-17(20)12-30-33)10-21-22(34)32(23(35)36-21)8-7-31-6-5-29-14-31/h1-6,9-12,14H,7-8,13H2/b21-10-. The Morgan fingerprint density at radius 3 is 2.67 bits per heavy atom. The fourth-order valence-corrected chi connectivity index (χ4v) is 4.95. The molecule has 0 radical (unpaired) electrons. The number of hydrogen-bond acceptors (Lipinski definition) is 5. The number of imide groups is 1. The van der Waals surface area contributed by atoms with E-state index in [0.29, 0.717) is 27.9 Å². The van der Waals surface area contributed by atoms with Crippen molar-refractivity contribution in [2.75, 3.05) is 6.54 Å². The molecule has 0 unspecified atom stereocenters. The van der Waals surface area contributed by atoms with Crippen LogP contribution in [-0.4, -0.2) is 41.9 Å². The maximum Gasteiger partial charge on any atom is 0.416 e. The number of amides is 2. The molecule has 12 heteroatoms. The molecule has 0 aliphatic carbocycles. The summed E-state index contributed by atoms with van der Waals surface area (Å²) in [5.74, 6) is -0.372. The summed E-state index contributed by atoms with van der Waals surface area (Å²) in [7, 11) is 0. The third kappa shape index (κ3) is 4.89. The minimum atomic E-state index is -4.54. The molecule has 1 aliphatic heterocycles. The predicted octanol–water partition coefficient (Wildman–Crippen LogP) is 5.69. The van der Waals surface area contributed by atoms with Gasteiger partial charge in [0, 0.05) is 35.9 Å². The van der Waals surface area contributed by atoms with Gasteiger partial charge in [0.1, 0.15) is 0 Å². The highest BCUT2D eigenvalue weighted by atomic mass is 35.5. The van der Waals surface area contributed by atoms with Crippen LogP contribution in [0.5, 0.6) is 0 Å². The van der Waals surface area contributed by atoms with Gasteiger partial charge in [0.25, 0.3) is 11.1 Å². The summed E-state index contributed by atoms with van der Waals surface area (Å²) < 4.78 is 43.7. The Morgan fingerprint density at radius 2 is 1.92 bits per heavy atom. The number of alkyl halides is 3. The van der Waals surface area contributed by atoms with Gasteiger partial charge in [0.2, 0.25) is 0 Å². The smallest absolute Gasteiger partial charge is 0.336 e. The molecule has 3 heterocycles. The van der Waals surface area contributed by atoms with Gasteiger partial charge in [0.05, 0.1) is 35.1 Å². The predicted molar refractivity (Wildman–Crippen MR) is 130 cm³/mol. The van der Waals surface area contributed by atoms with Crippen molar-refractivity contribution in [3.8, 4) is 0 Å². The van der Waals surface area contributed by atoms with Crippen LogP contribution in [-0.2, 0) is 24.1 Å². The Morgan fingerprint density at radius 1 is 1.08 bits per heavy atom. The Kier molecular flexibility index (Phi) is 6.35. The average molecular weight is 532 g/mol. The van der Waals surface area contributed by atoms with E-state index in [1.165, 1.54) is 21.7 Å². The van der Waals surface area contributed by atoms with Crippen LogP contribution in [0.1, 0.15) is 16.7 Å². The van der Waals surface area contributed by atoms with Crippen molar-refractivity contribution in [1.29, 1.82) is 0 Å². The third-order valence-electron chi connectivity index (χ3n) is 5.68. The molecule has 0 saturated carbocycles. The molecule has 2 aromatic heterocycles. The highest BCUT2D eigenvalue weighted by Crippen LogP contribution is 2.35. The van der Waals surface area contributed by atoms with E-state index in [9.17, 15) is 22.8 Å². The van der Waals surface area contributed by atoms with E-state index >= 15 is 0 Å². The lowest BCUT2D eigenvalue weighted by molar-refractivity contribution is -0.138. The first-order chi connectivity index (χ1) is 17.2. The Hall–Kier alpha value is -3.57. The molecule has 1 aliphatic rings. The van der Waals surface area contributed by atoms with Gasteiger partial charge >= 0.3 is 6.18 Å². The first kappa shape index (κ1) is 24.1. The summed E-state index contributed by atoms with van der Waals surface area (Å²) >= 11 is 6.64. The second-order valence-corrected chi connectivity index (χ2v) is 9.48. The number of aromatic nitrogens is 4. The Bertz CT molecular complexity index is 1500. The molecular weight excluding hydrogens is 515 g/mol. The molecule has 0 N–H and O–H groups in total. The molecule has 0 atom stereocenters. The van der Waals surface area contributed by atoms with Gasteiger partial charge in [-0.25, -0.2) is 4.98 Å². The zero-order valence-corrected chi connectivity index (χ0v) is 20.0. The lowest BCUT2D eigenvalue weighted by Crippen LogP contribution is -2.31. The fraction of sp³-hybridized carbons (Fsp3) is 0.167. The summed E-state index contributed by atoms with van der Waals surface area (Å²) in [5, 5.41) is 4.60. The van der Waals surface area contributed by atoms with Gasteiger partial charge in [0.15, 0.2) is 0 Å². The van der Waals surface area contributed by atoms with Crippen molar-refractivity contribution in [3.63, 3.8) is 0 Å². The SMILES string of the molecule is O=C1S/C(=C\c2ccc3c(cnn3Cc3ccc(Cl)cc3C(F)(F)F)c2)C(=O)N1CCn1ccnc1. The number of halogens is 4. The van der Waals surface area contributed by atoms with Crippen LogP contribution in [0, 0.1) is 0 Å². The van der Waals surface area contributed by atoms with Crippen molar-refractivity contribution < 1.29 is 22.8 Å². The Balaban J connectivity index is 1.36. The zero-order chi connectivity index (χ0) is 25.4. The highest BCUT2D eigenvalue weighted by Gasteiger charge is 2.35. The summed E-state index contributed by atoms with van der Waals surface area (Å²) in [4.78, 5) is 30.5. The molecular formula is C24H17ClF3N5O2S. The number of imidazole rings is 1. The van der Waals surface area contributed by atoms with Crippen molar-refractivity contribution in [3.05, 3.63) is 87.9 Å². The van der Waals surface area contributed by atoms with Gasteiger partial charge < -0.3 is 4.57 Å². The largest absolute Gasteiger partial charge is 0.416 e. The number of thioether (sulfide) groups is 1. The van der Waals surface area contributed by atoms with Gasteiger partial charge in [-0.15, -0.1) is 0 Å². The number of rotatable bonds is 6. The second kappa shape index (κ2) is 9.47. The minimum Gasteiger partial charge on any atom is -0.336 e. The first-order valence-electron chi connectivity index (χ1n) is 10.7. The maximum absolute atomic E-state index is 13.5. The maximum atomic E-state index is 13.5. The molecule has 2 aromatic carbocycles. The molecule has 1 saturated heterocycles. The van der Waals surface area contributed by atoms with Crippen molar-refractivity contribution >= 4 is 51.5 Å². The van der Waals surface area contributed by atoms with Crippen molar-refractivity contribution in [2.45, 2.75) is 19.3 Å². The van der Waals surface area contributed by atoms with E-state index in [1.54, 1.807) is 53.8 Å². The van der Waals surface area contributed by atoms with Gasteiger partial charge in [-0.05, 0) is 53.2 Å². The summed E-state index contributed by atoms with van der Waals surface area (Å²) in [6.07, 6.45) is 3.61. The number of carbonyl (C=O) groups is 2. The normalized spacial score (nSPS) is 15.6. The molecule has 4 aromatic rings. The fourth-order valence-electron chi connectivity index (χ4n) is 3.91. The lowest BCUT2D eigenvalue weighted by atomic mass is 10.1. The molecule has 5 rings (SSSR count). The number of benzene rings is 2. The Labute approximate surface area is 212 Å². The lowest BCUT2D eigenvalue weighted by Gasteiger charge is -2.14. The molecule has 2 amide bonds. The quantitative estimate of drug-likeness (QED) is 0.299. The summed E-state index contributed by atoms with van der Waals surface area (Å²) in [6, 6.07) is 8.88. The summed E-state index contributed by atoms with van der Waals surface area (Å²) in [5.41, 5.74) is 0.540. The third-order valence-corrected chi connectivity index (χ3v) is 6.82. The number of carbonyl (C=O) groups excluding carboxylic acids is 2. The van der Waals surface area contributed by atoms with Gasteiger partial charge in [-0.1, -0.05) is 23.7 Å². The molecule has 184 valence electrons. The van der Waals surface area contributed by atoms with E-state index in [0.717, 1.165) is 17.8 Å². The molecule has 0 bridgehead atoms. The minimum absolute atomic E-state index is 0.00665. The van der Waals surface area contributed by atoms with Gasteiger partial charge in [-0.2, -0.15) is 18.3 Å².